The molecule has 1 saturated heterocycles. The molecule has 160 valence electrons. The molecule has 1 aliphatic heterocycles. The Morgan fingerprint density at radius 2 is 1.87 bits per heavy atom. The van der Waals surface area contributed by atoms with Gasteiger partial charge in [0.05, 0.1) is 5.56 Å². The van der Waals surface area contributed by atoms with Gasteiger partial charge in [-0.1, -0.05) is 0 Å². The van der Waals surface area contributed by atoms with E-state index in [0.29, 0.717) is 29.1 Å². The minimum atomic E-state index is -4.50. The summed E-state index contributed by atoms with van der Waals surface area (Å²) in [6.45, 7) is 2.05. The first-order valence-corrected chi connectivity index (χ1v) is 10.6. The van der Waals surface area contributed by atoms with Crippen LogP contribution >= 0.6 is 0 Å². The topological polar surface area (TPSA) is 61.3 Å². The van der Waals surface area contributed by atoms with E-state index in [1.54, 1.807) is 0 Å². The summed E-state index contributed by atoms with van der Waals surface area (Å²) in [5, 5.41) is 22.8. The molecule has 1 aromatic heterocycles. The van der Waals surface area contributed by atoms with Gasteiger partial charge in [0.25, 0.3) is 0 Å². The van der Waals surface area contributed by atoms with E-state index in [0.717, 1.165) is 74.3 Å². The zero-order chi connectivity index (χ0) is 21.0. The van der Waals surface area contributed by atoms with Crippen molar-refractivity contribution in [3.63, 3.8) is 0 Å². The van der Waals surface area contributed by atoms with Crippen molar-refractivity contribution in [2.24, 2.45) is 0 Å². The van der Waals surface area contributed by atoms with Gasteiger partial charge in [-0.05, 0) is 81.3 Å². The number of phenolic OH excluding ortho intramolecular Hbond substituents is 1. The average Bonchev–Trinajstić information content (AvgIpc) is 3.30. The number of anilines is 1. The van der Waals surface area contributed by atoms with Crippen molar-refractivity contribution in [1.29, 1.82) is 0 Å². The quantitative estimate of drug-likeness (QED) is 0.754. The van der Waals surface area contributed by atoms with Gasteiger partial charge in [-0.25, -0.2) is 0 Å². The Morgan fingerprint density at radius 3 is 2.57 bits per heavy atom. The highest BCUT2D eigenvalue weighted by atomic mass is 19.4. The maximum absolute atomic E-state index is 13.0. The lowest BCUT2D eigenvalue weighted by Gasteiger charge is -2.31. The first kappa shape index (κ1) is 19.6. The minimum Gasteiger partial charge on any atom is -0.507 e. The molecule has 2 heterocycles. The summed E-state index contributed by atoms with van der Waals surface area (Å²) >= 11 is 0. The fraction of sp³-hybridized carbons (Fsp3) is 0.545. The summed E-state index contributed by atoms with van der Waals surface area (Å²) in [5.41, 5.74) is 2.19. The van der Waals surface area contributed by atoms with Crippen molar-refractivity contribution in [3.05, 3.63) is 34.9 Å². The second-order valence-corrected chi connectivity index (χ2v) is 8.91. The number of nitrogens with zero attached hydrogens (tertiary/aromatic N) is 3. The average molecular weight is 418 g/mol. The molecular weight excluding hydrogens is 393 g/mol. The summed E-state index contributed by atoms with van der Waals surface area (Å²) < 4.78 is 39.0. The highest BCUT2D eigenvalue weighted by Crippen LogP contribution is 2.57. The maximum Gasteiger partial charge on any atom is 0.416 e. The summed E-state index contributed by atoms with van der Waals surface area (Å²) in [4.78, 5) is 2.30. The van der Waals surface area contributed by atoms with Crippen LogP contribution in [0.15, 0.2) is 18.2 Å². The van der Waals surface area contributed by atoms with Crippen LogP contribution in [0.3, 0.4) is 0 Å². The number of phenols is 1. The Morgan fingerprint density at radius 1 is 1.10 bits per heavy atom. The van der Waals surface area contributed by atoms with Gasteiger partial charge in [-0.3, -0.25) is 0 Å². The van der Waals surface area contributed by atoms with Gasteiger partial charge >= 0.3 is 6.18 Å². The molecule has 5 rings (SSSR count). The molecule has 0 radical (unpaired) electrons. The number of likely N-dealkylation sites (tertiary alicyclic amines) is 1. The van der Waals surface area contributed by atoms with Crippen LogP contribution in [0.25, 0.3) is 11.3 Å². The molecule has 1 saturated carbocycles. The summed E-state index contributed by atoms with van der Waals surface area (Å²) in [6.07, 6.45) is 0.883. The van der Waals surface area contributed by atoms with Crippen molar-refractivity contribution < 1.29 is 18.3 Å². The van der Waals surface area contributed by atoms with Gasteiger partial charge in [-0.2, -0.15) is 13.2 Å². The number of fused-ring (bicyclic) bond motifs is 5. The van der Waals surface area contributed by atoms with E-state index in [2.05, 4.69) is 27.5 Å². The lowest BCUT2D eigenvalue weighted by Crippen LogP contribution is -2.40. The Kier molecular flexibility index (Phi) is 4.65. The zero-order valence-corrected chi connectivity index (χ0v) is 16.8. The molecule has 0 amide bonds. The largest absolute Gasteiger partial charge is 0.507 e. The number of aromatic nitrogens is 2. The van der Waals surface area contributed by atoms with Gasteiger partial charge in [0.15, 0.2) is 5.82 Å². The molecule has 2 aromatic rings. The molecule has 2 unspecified atom stereocenters. The van der Waals surface area contributed by atoms with Gasteiger partial charge in [0.1, 0.15) is 11.4 Å². The van der Waals surface area contributed by atoms with Crippen molar-refractivity contribution >= 4 is 5.82 Å². The Balaban J connectivity index is 1.54. The molecule has 5 nitrogen and oxygen atoms in total. The van der Waals surface area contributed by atoms with E-state index in [-0.39, 0.29) is 0 Å². The van der Waals surface area contributed by atoms with E-state index in [1.807, 2.05) is 0 Å². The number of benzene rings is 1. The Hall–Kier alpha value is -2.35. The first-order valence-electron chi connectivity index (χ1n) is 10.6. The normalized spacial score (nSPS) is 26.1. The smallest absolute Gasteiger partial charge is 0.416 e. The van der Waals surface area contributed by atoms with Crippen LogP contribution in [-0.2, 0) is 6.18 Å². The monoisotopic (exact) mass is 418 g/mol. The van der Waals surface area contributed by atoms with Crippen LogP contribution in [0.2, 0.25) is 0 Å². The number of hydrogen-bond acceptors (Lipinski definition) is 5. The van der Waals surface area contributed by atoms with E-state index < -0.39 is 17.5 Å². The molecule has 0 spiro atoms. The van der Waals surface area contributed by atoms with E-state index in [4.69, 9.17) is 0 Å². The molecule has 30 heavy (non-hydrogen) atoms. The second kappa shape index (κ2) is 7.11. The number of likely N-dealkylation sites (N-methyl/N-ethyl adjacent to an activating group) is 1. The predicted molar refractivity (Wildman–Crippen MR) is 108 cm³/mol. The third-order valence-electron chi connectivity index (χ3n) is 6.85. The number of piperidine rings is 1. The highest BCUT2D eigenvalue weighted by Gasteiger charge is 2.42. The molecule has 3 aliphatic rings. The number of aromatic hydroxyl groups is 1. The summed E-state index contributed by atoms with van der Waals surface area (Å²) in [6, 6.07) is 3.41. The molecule has 2 fully saturated rings. The van der Waals surface area contributed by atoms with Crippen molar-refractivity contribution in [2.75, 3.05) is 25.5 Å². The van der Waals surface area contributed by atoms with Crippen LogP contribution in [-0.4, -0.2) is 46.4 Å². The summed E-state index contributed by atoms with van der Waals surface area (Å²) in [5.74, 6) is 1.14. The van der Waals surface area contributed by atoms with E-state index >= 15 is 0 Å². The predicted octanol–water partition coefficient (Wildman–Crippen LogP) is 4.74. The minimum absolute atomic E-state index is 0.312. The van der Waals surface area contributed by atoms with E-state index in [1.165, 1.54) is 6.07 Å². The molecular formula is C22H25F3N4O. The van der Waals surface area contributed by atoms with Crippen LogP contribution in [0.1, 0.15) is 60.6 Å². The van der Waals surface area contributed by atoms with Crippen LogP contribution in [0, 0.1) is 0 Å². The standard InChI is InChI=1S/C22H25F3N4O/c1-29-8-2-3-15(11-29)26-21-19-13-5-4-12(9-13)18(19)20(27-28-21)16-7-6-14(10-17(16)30)22(23,24)25/h6-7,10,12-13,15,30H,2-5,8-9,11H2,1H3,(H,26,28)/t12?,13?,15-/m1/s1. The number of halogens is 3. The van der Waals surface area contributed by atoms with E-state index in [9.17, 15) is 18.3 Å². The number of hydrogen-bond donors (Lipinski definition) is 2. The third kappa shape index (κ3) is 3.31. The van der Waals surface area contributed by atoms with Gasteiger partial charge in [0.2, 0.25) is 0 Å². The Bertz CT molecular complexity index is 978. The van der Waals surface area contributed by atoms with Gasteiger partial charge < -0.3 is 15.3 Å². The fourth-order valence-electron chi connectivity index (χ4n) is 5.49. The molecule has 8 heteroatoms. The highest BCUT2D eigenvalue weighted by molar-refractivity contribution is 5.75. The number of rotatable bonds is 3. The molecule has 2 aliphatic carbocycles. The third-order valence-corrected chi connectivity index (χ3v) is 6.85. The molecule has 3 atom stereocenters. The van der Waals surface area contributed by atoms with Crippen molar-refractivity contribution in [2.45, 2.75) is 56.2 Å². The van der Waals surface area contributed by atoms with Gasteiger partial charge in [0, 0.05) is 23.7 Å². The lowest BCUT2D eigenvalue weighted by molar-refractivity contribution is -0.137. The SMILES string of the molecule is CN1CCC[C@@H](Nc2nnc(-c3ccc(C(F)(F)F)cc3O)c3c2C2CCC3C2)C1. The molecule has 2 N–H and O–H groups in total. The van der Waals surface area contributed by atoms with Crippen molar-refractivity contribution in [3.8, 4) is 17.0 Å². The Labute approximate surface area is 173 Å². The van der Waals surface area contributed by atoms with Crippen LogP contribution < -0.4 is 5.32 Å². The summed E-state index contributed by atoms with van der Waals surface area (Å²) in [7, 11) is 2.11. The second-order valence-electron chi connectivity index (χ2n) is 8.91. The van der Waals surface area contributed by atoms with Crippen LogP contribution in [0.4, 0.5) is 19.0 Å². The number of alkyl halides is 3. The fourth-order valence-corrected chi connectivity index (χ4v) is 5.49. The van der Waals surface area contributed by atoms with Crippen molar-refractivity contribution in [1.82, 2.24) is 15.1 Å². The maximum atomic E-state index is 13.0. The molecule has 1 aromatic carbocycles. The first-order chi connectivity index (χ1) is 14.3. The zero-order valence-electron chi connectivity index (χ0n) is 16.8. The molecule has 2 bridgehead atoms. The van der Waals surface area contributed by atoms with Crippen LogP contribution in [0.5, 0.6) is 5.75 Å². The number of nitrogens with one attached hydrogen (secondary N) is 1. The van der Waals surface area contributed by atoms with Gasteiger partial charge in [-0.15, -0.1) is 10.2 Å². The lowest BCUT2D eigenvalue weighted by atomic mass is 9.88.